The topological polar surface area (TPSA) is 79.5 Å². The fraction of sp³-hybridized carbons (Fsp3) is 0.0870. The summed E-state index contributed by atoms with van der Waals surface area (Å²) in [6, 6.07) is 23.8. The van der Waals surface area contributed by atoms with Crippen LogP contribution in [0.1, 0.15) is 27.4 Å². The molecule has 0 unspecified atom stereocenters. The van der Waals surface area contributed by atoms with E-state index in [-0.39, 0.29) is 11.0 Å². The second kappa shape index (κ2) is 10.7. The number of rotatable bonds is 5. The maximum atomic E-state index is 13.0. The molecule has 2 amide bonds. The van der Waals surface area contributed by atoms with Crippen molar-refractivity contribution in [2.75, 3.05) is 7.11 Å². The van der Waals surface area contributed by atoms with E-state index in [2.05, 4.69) is 32.1 Å². The second-order valence-electron chi connectivity index (χ2n) is 6.50. The van der Waals surface area contributed by atoms with Gasteiger partial charge in [0.15, 0.2) is 5.11 Å². The van der Waals surface area contributed by atoms with Crippen molar-refractivity contribution < 1.29 is 14.3 Å². The summed E-state index contributed by atoms with van der Waals surface area (Å²) in [5.41, 5.74) is 7.26. The smallest absolute Gasteiger partial charge is 0.257 e. The first kappa shape index (κ1) is 22.5. The molecule has 3 aromatic carbocycles. The van der Waals surface area contributed by atoms with Crippen LogP contribution in [-0.2, 0) is 4.79 Å². The minimum absolute atomic E-state index is 0.0230. The minimum atomic E-state index is -0.536. The van der Waals surface area contributed by atoms with Crippen LogP contribution in [0.5, 0.6) is 5.75 Å². The molecule has 0 bridgehead atoms. The van der Waals surface area contributed by atoms with Crippen molar-refractivity contribution in [2.24, 2.45) is 0 Å². The average molecular weight is 498 g/mol. The molecule has 3 N–H and O–H groups in total. The predicted octanol–water partition coefficient (Wildman–Crippen LogP) is 3.93. The molecule has 0 radical (unpaired) electrons. The molecule has 0 aliphatic rings. The largest absolute Gasteiger partial charge is 0.496 e. The van der Waals surface area contributed by atoms with Crippen LogP contribution in [0.15, 0.2) is 83.3 Å². The van der Waals surface area contributed by atoms with Gasteiger partial charge < -0.3 is 4.74 Å². The summed E-state index contributed by atoms with van der Waals surface area (Å²) in [6.45, 7) is 0. The predicted molar refractivity (Wildman–Crippen MR) is 127 cm³/mol. The summed E-state index contributed by atoms with van der Waals surface area (Å²) in [5, 5.41) is 2.52. The van der Waals surface area contributed by atoms with Crippen LogP contribution in [-0.4, -0.2) is 24.0 Å². The molecule has 6 nitrogen and oxygen atoms in total. The van der Waals surface area contributed by atoms with Gasteiger partial charge in [-0.05, 0) is 57.5 Å². The van der Waals surface area contributed by atoms with Crippen molar-refractivity contribution in [2.45, 2.75) is 5.92 Å². The van der Waals surface area contributed by atoms with E-state index in [4.69, 9.17) is 17.0 Å². The highest BCUT2D eigenvalue weighted by molar-refractivity contribution is 9.10. The molecule has 0 aromatic heterocycles. The summed E-state index contributed by atoms with van der Waals surface area (Å²) < 4.78 is 5.80. The van der Waals surface area contributed by atoms with E-state index >= 15 is 0 Å². The monoisotopic (exact) mass is 497 g/mol. The number of hydrogen-bond donors (Lipinski definition) is 3. The maximum absolute atomic E-state index is 13.0. The van der Waals surface area contributed by atoms with Crippen LogP contribution in [0, 0.1) is 0 Å². The molecular formula is C23H20BrN3O3S. The Balaban J connectivity index is 1.64. The number of carbonyl (C=O) groups excluding carboxylic acids is 2. The van der Waals surface area contributed by atoms with Crippen molar-refractivity contribution in [3.8, 4) is 5.75 Å². The highest BCUT2D eigenvalue weighted by Crippen LogP contribution is 2.26. The number of methoxy groups -OCH3 is 1. The van der Waals surface area contributed by atoms with Gasteiger partial charge in [0, 0.05) is 5.56 Å². The van der Waals surface area contributed by atoms with Crippen molar-refractivity contribution in [3.63, 3.8) is 0 Å². The fourth-order valence-electron chi connectivity index (χ4n) is 2.99. The summed E-state index contributed by atoms with van der Waals surface area (Å²) in [7, 11) is 1.54. The standard InChI is InChI=1S/C23H20BrN3O3S/c1-30-19-13-12-17(14-18(19)24)21(28)25-23(31)27-26-22(29)20(15-8-4-2-5-9-15)16-10-6-3-7-11-16/h2-14,20H,1H3,(H,26,29)(H2,25,27,28,31). The van der Waals surface area contributed by atoms with Crippen molar-refractivity contribution >= 4 is 45.1 Å². The third-order valence-corrected chi connectivity index (χ3v) is 5.29. The third-order valence-electron chi connectivity index (χ3n) is 4.47. The van der Waals surface area contributed by atoms with Gasteiger partial charge in [-0.15, -0.1) is 0 Å². The number of nitrogens with one attached hydrogen (secondary N) is 3. The highest BCUT2D eigenvalue weighted by Gasteiger charge is 2.22. The first-order valence-corrected chi connectivity index (χ1v) is 10.5. The molecule has 0 fully saturated rings. The van der Waals surface area contributed by atoms with Gasteiger partial charge in [-0.3, -0.25) is 25.8 Å². The Morgan fingerprint density at radius 2 is 1.48 bits per heavy atom. The molecule has 158 valence electrons. The van der Waals surface area contributed by atoms with E-state index in [9.17, 15) is 9.59 Å². The number of carbonyl (C=O) groups is 2. The van der Waals surface area contributed by atoms with Crippen molar-refractivity contribution in [3.05, 3.63) is 100 Å². The zero-order valence-corrected chi connectivity index (χ0v) is 19.0. The minimum Gasteiger partial charge on any atom is -0.496 e. The lowest BCUT2D eigenvalue weighted by Gasteiger charge is -2.19. The Bertz CT molecular complexity index is 1040. The molecule has 0 aliphatic heterocycles. The van der Waals surface area contributed by atoms with Gasteiger partial charge in [-0.25, -0.2) is 0 Å². The maximum Gasteiger partial charge on any atom is 0.257 e. The lowest BCUT2D eigenvalue weighted by Crippen LogP contribution is -2.49. The molecule has 3 aromatic rings. The lowest BCUT2D eigenvalue weighted by atomic mass is 9.91. The number of thiocarbonyl (C=S) groups is 1. The van der Waals surface area contributed by atoms with Gasteiger partial charge in [0.05, 0.1) is 17.5 Å². The number of ether oxygens (including phenoxy) is 1. The quantitative estimate of drug-likeness (QED) is 0.367. The van der Waals surface area contributed by atoms with Crippen molar-refractivity contribution in [1.82, 2.24) is 16.2 Å². The van der Waals surface area contributed by atoms with Gasteiger partial charge in [0.1, 0.15) is 5.75 Å². The Labute approximate surface area is 194 Å². The van der Waals surface area contributed by atoms with Gasteiger partial charge in [-0.1, -0.05) is 60.7 Å². The summed E-state index contributed by atoms with van der Waals surface area (Å²) in [4.78, 5) is 25.4. The SMILES string of the molecule is COc1ccc(C(=O)NC(=S)NNC(=O)C(c2ccccc2)c2ccccc2)cc1Br. The number of halogens is 1. The molecule has 8 heteroatoms. The summed E-state index contributed by atoms with van der Waals surface area (Å²) >= 11 is 8.50. The van der Waals surface area contributed by atoms with Crippen LogP contribution in [0.4, 0.5) is 0 Å². The normalized spacial score (nSPS) is 10.3. The number of benzene rings is 3. The fourth-order valence-corrected chi connectivity index (χ4v) is 3.68. The molecule has 0 spiro atoms. The number of amides is 2. The van der Waals surface area contributed by atoms with E-state index in [1.54, 1.807) is 25.3 Å². The average Bonchev–Trinajstić information content (AvgIpc) is 2.79. The third kappa shape index (κ3) is 5.90. The zero-order chi connectivity index (χ0) is 22.2. The molecule has 0 aliphatic carbocycles. The molecular weight excluding hydrogens is 478 g/mol. The van der Waals surface area contributed by atoms with Gasteiger partial charge in [0.2, 0.25) is 5.91 Å². The van der Waals surface area contributed by atoms with Crippen LogP contribution in [0.3, 0.4) is 0 Å². The Kier molecular flexibility index (Phi) is 7.75. The summed E-state index contributed by atoms with van der Waals surface area (Å²) in [6.07, 6.45) is 0. The van der Waals surface area contributed by atoms with Crippen LogP contribution < -0.4 is 20.9 Å². The highest BCUT2D eigenvalue weighted by atomic mass is 79.9. The molecule has 0 heterocycles. The van der Waals surface area contributed by atoms with Crippen LogP contribution >= 0.6 is 28.1 Å². The van der Waals surface area contributed by atoms with Crippen LogP contribution in [0.2, 0.25) is 0 Å². The molecule has 0 saturated carbocycles. The lowest BCUT2D eigenvalue weighted by molar-refractivity contribution is -0.122. The Morgan fingerprint density at radius 1 is 0.903 bits per heavy atom. The molecule has 0 atom stereocenters. The second-order valence-corrected chi connectivity index (χ2v) is 7.76. The summed E-state index contributed by atoms with van der Waals surface area (Å²) in [5.74, 6) is -0.651. The number of hydrogen-bond acceptors (Lipinski definition) is 4. The number of hydrazine groups is 1. The van der Waals surface area contributed by atoms with E-state index in [0.717, 1.165) is 11.1 Å². The van der Waals surface area contributed by atoms with Crippen molar-refractivity contribution in [1.29, 1.82) is 0 Å². The van der Waals surface area contributed by atoms with Gasteiger partial charge >= 0.3 is 0 Å². The molecule has 3 rings (SSSR count). The van der Waals surface area contributed by atoms with E-state index < -0.39 is 11.8 Å². The van der Waals surface area contributed by atoms with Crippen LogP contribution in [0.25, 0.3) is 0 Å². The Hall–Kier alpha value is -3.23. The molecule has 31 heavy (non-hydrogen) atoms. The zero-order valence-electron chi connectivity index (χ0n) is 16.6. The van der Waals surface area contributed by atoms with Gasteiger partial charge in [-0.2, -0.15) is 0 Å². The van der Waals surface area contributed by atoms with Gasteiger partial charge in [0.25, 0.3) is 5.91 Å². The van der Waals surface area contributed by atoms with E-state index in [1.165, 1.54) is 0 Å². The van der Waals surface area contributed by atoms with E-state index in [0.29, 0.717) is 15.8 Å². The Morgan fingerprint density at radius 3 is 2.00 bits per heavy atom. The van der Waals surface area contributed by atoms with E-state index in [1.807, 2.05) is 60.7 Å². The first-order chi connectivity index (χ1) is 15.0. The first-order valence-electron chi connectivity index (χ1n) is 9.34. The molecule has 0 saturated heterocycles.